The lowest BCUT2D eigenvalue weighted by Crippen LogP contribution is -2.43. The number of ether oxygens (including phenoxy) is 1. The Morgan fingerprint density at radius 2 is 2.05 bits per heavy atom. The molecule has 1 aromatic rings. The van der Waals surface area contributed by atoms with E-state index in [4.69, 9.17) is 10.5 Å². The number of aryl methyl sites for hydroxylation is 1. The van der Waals surface area contributed by atoms with Crippen molar-refractivity contribution in [2.75, 3.05) is 6.61 Å². The number of carbonyl (C=O) groups excluding carboxylic acids is 1. The number of carbonyl (C=O) groups is 1. The summed E-state index contributed by atoms with van der Waals surface area (Å²) in [6, 6.07) is 5.67. The molecule has 1 atom stereocenters. The zero-order valence-electron chi connectivity index (χ0n) is 12.4. The smallest absolute Gasteiger partial charge is 0.258 e. The van der Waals surface area contributed by atoms with Crippen LogP contribution in [0.1, 0.15) is 44.9 Å². The van der Waals surface area contributed by atoms with Crippen LogP contribution in [0.25, 0.3) is 0 Å². The number of hydrogen-bond donors (Lipinski definition) is 2. The largest absolute Gasteiger partial charge is 0.483 e. The van der Waals surface area contributed by atoms with E-state index < -0.39 is 0 Å². The number of amides is 1. The SMILES string of the molecule is Cc1ccc(OCC(=O)NC(C)(C)C)c([C@H](C)N)c1. The van der Waals surface area contributed by atoms with Crippen LogP contribution in [0.3, 0.4) is 0 Å². The van der Waals surface area contributed by atoms with Crippen molar-refractivity contribution in [3.05, 3.63) is 29.3 Å². The molecule has 1 aromatic carbocycles. The summed E-state index contributed by atoms with van der Waals surface area (Å²) in [7, 11) is 0. The second kappa shape index (κ2) is 6.06. The highest BCUT2D eigenvalue weighted by molar-refractivity contribution is 5.78. The van der Waals surface area contributed by atoms with Crippen LogP contribution in [0, 0.1) is 6.92 Å². The van der Waals surface area contributed by atoms with Crippen LogP contribution in [0.2, 0.25) is 0 Å². The lowest BCUT2D eigenvalue weighted by Gasteiger charge is -2.21. The molecule has 0 unspecified atom stereocenters. The molecular formula is C15H24N2O2. The second-order valence-electron chi connectivity index (χ2n) is 5.92. The van der Waals surface area contributed by atoms with Gasteiger partial charge in [-0.1, -0.05) is 17.7 Å². The molecule has 3 N–H and O–H groups in total. The van der Waals surface area contributed by atoms with Gasteiger partial charge >= 0.3 is 0 Å². The normalized spacial score (nSPS) is 12.9. The van der Waals surface area contributed by atoms with Crippen LogP contribution >= 0.6 is 0 Å². The van der Waals surface area contributed by atoms with Gasteiger partial charge in [0.25, 0.3) is 5.91 Å². The van der Waals surface area contributed by atoms with E-state index in [1.54, 1.807) is 0 Å². The van der Waals surface area contributed by atoms with E-state index in [2.05, 4.69) is 5.32 Å². The summed E-state index contributed by atoms with van der Waals surface area (Å²) in [5.74, 6) is 0.536. The van der Waals surface area contributed by atoms with Crippen LogP contribution in [0.4, 0.5) is 0 Å². The molecule has 19 heavy (non-hydrogen) atoms. The van der Waals surface area contributed by atoms with E-state index in [9.17, 15) is 4.79 Å². The summed E-state index contributed by atoms with van der Waals surface area (Å²) in [5.41, 5.74) is 7.70. The van der Waals surface area contributed by atoms with Crippen LogP contribution < -0.4 is 15.8 Å². The van der Waals surface area contributed by atoms with Crippen molar-refractivity contribution < 1.29 is 9.53 Å². The number of rotatable bonds is 4. The van der Waals surface area contributed by atoms with Gasteiger partial charge in [-0.2, -0.15) is 0 Å². The Labute approximate surface area is 115 Å². The Bertz CT molecular complexity index is 448. The maximum Gasteiger partial charge on any atom is 0.258 e. The van der Waals surface area contributed by atoms with Crippen molar-refractivity contribution in [3.8, 4) is 5.75 Å². The molecule has 1 amide bonds. The molecule has 4 heteroatoms. The van der Waals surface area contributed by atoms with Crippen molar-refractivity contribution in [1.82, 2.24) is 5.32 Å². The first-order chi connectivity index (χ1) is 8.69. The Hall–Kier alpha value is -1.55. The molecule has 0 aliphatic heterocycles. The Morgan fingerprint density at radius 1 is 1.42 bits per heavy atom. The van der Waals surface area contributed by atoms with Gasteiger partial charge in [0.15, 0.2) is 6.61 Å². The molecule has 1 rings (SSSR count). The third-order valence-corrected chi connectivity index (χ3v) is 2.53. The first-order valence-corrected chi connectivity index (χ1v) is 6.49. The molecule has 0 radical (unpaired) electrons. The molecule has 0 bridgehead atoms. The van der Waals surface area contributed by atoms with Crippen LogP contribution in [0.15, 0.2) is 18.2 Å². The van der Waals surface area contributed by atoms with Gasteiger partial charge in [-0.25, -0.2) is 0 Å². The van der Waals surface area contributed by atoms with Crippen molar-refractivity contribution in [3.63, 3.8) is 0 Å². The average molecular weight is 264 g/mol. The van der Waals surface area contributed by atoms with Crippen LogP contribution in [0.5, 0.6) is 5.75 Å². The summed E-state index contributed by atoms with van der Waals surface area (Å²) in [6.45, 7) is 9.71. The predicted molar refractivity (Wildman–Crippen MR) is 77.2 cm³/mol. The van der Waals surface area contributed by atoms with Gasteiger partial charge in [0.05, 0.1) is 0 Å². The quantitative estimate of drug-likeness (QED) is 0.877. The lowest BCUT2D eigenvalue weighted by molar-refractivity contribution is -0.124. The Kier molecular flexibility index (Phi) is 4.95. The minimum absolute atomic E-state index is 0.0000505. The monoisotopic (exact) mass is 264 g/mol. The van der Waals surface area contributed by atoms with Crippen molar-refractivity contribution >= 4 is 5.91 Å². The standard InChI is InChI=1S/C15H24N2O2/c1-10-6-7-13(12(8-10)11(2)16)19-9-14(18)17-15(3,4)5/h6-8,11H,9,16H2,1-5H3,(H,17,18)/t11-/m0/s1. The van der Waals surface area contributed by atoms with E-state index >= 15 is 0 Å². The minimum atomic E-state index is -0.252. The lowest BCUT2D eigenvalue weighted by atomic mass is 10.1. The summed E-state index contributed by atoms with van der Waals surface area (Å²) in [4.78, 5) is 11.7. The molecule has 0 heterocycles. The first-order valence-electron chi connectivity index (χ1n) is 6.49. The zero-order chi connectivity index (χ0) is 14.6. The topological polar surface area (TPSA) is 64.3 Å². The molecule has 0 saturated carbocycles. The Morgan fingerprint density at radius 3 is 2.58 bits per heavy atom. The van der Waals surface area contributed by atoms with Crippen molar-refractivity contribution in [1.29, 1.82) is 0 Å². The minimum Gasteiger partial charge on any atom is -0.483 e. The molecule has 0 spiro atoms. The maximum absolute atomic E-state index is 11.7. The first kappa shape index (κ1) is 15.5. The fourth-order valence-corrected chi connectivity index (χ4v) is 1.75. The van der Waals surface area contributed by atoms with E-state index in [1.165, 1.54) is 0 Å². The molecule has 0 aliphatic carbocycles. The summed E-state index contributed by atoms with van der Waals surface area (Å²) in [6.07, 6.45) is 0. The van der Waals surface area contributed by atoms with Gasteiger partial charge in [-0.05, 0) is 40.7 Å². The van der Waals surface area contributed by atoms with E-state index in [0.717, 1.165) is 11.1 Å². The fourth-order valence-electron chi connectivity index (χ4n) is 1.75. The molecule has 0 aromatic heterocycles. The maximum atomic E-state index is 11.7. The molecule has 0 aliphatic rings. The van der Waals surface area contributed by atoms with E-state index in [-0.39, 0.29) is 24.1 Å². The van der Waals surface area contributed by atoms with Crippen molar-refractivity contribution in [2.45, 2.75) is 46.2 Å². The van der Waals surface area contributed by atoms with Crippen LogP contribution in [-0.4, -0.2) is 18.1 Å². The van der Waals surface area contributed by atoms with Gasteiger partial charge in [0.1, 0.15) is 5.75 Å². The number of benzene rings is 1. The molecule has 4 nitrogen and oxygen atoms in total. The van der Waals surface area contributed by atoms with Crippen LogP contribution in [-0.2, 0) is 4.79 Å². The van der Waals surface area contributed by atoms with E-state index in [1.807, 2.05) is 52.8 Å². The third-order valence-electron chi connectivity index (χ3n) is 2.53. The number of nitrogens with one attached hydrogen (secondary N) is 1. The van der Waals surface area contributed by atoms with Gasteiger partial charge in [0.2, 0.25) is 0 Å². The third kappa shape index (κ3) is 5.30. The number of hydrogen-bond acceptors (Lipinski definition) is 3. The molecule has 106 valence electrons. The summed E-state index contributed by atoms with van der Waals surface area (Å²) < 4.78 is 5.57. The highest BCUT2D eigenvalue weighted by Crippen LogP contribution is 2.24. The summed E-state index contributed by atoms with van der Waals surface area (Å²) in [5, 5.41) is 2.85. The highest BCUT2D eigenvalue weighted by Gasteiger charge is 2.15. The highest BCUT2D eigenvalue weighted by atomic mass is 16.5. The van der Waals surface area contributed by atoms with Gasteiger partial charge in [-0.3, -0.25) is 4.79 Å². The molecule has 0 saturated heterocycles. The van der Waals surface area contributed by atoms with Crippen molar-refractivity contribution in [2.24, 2.45) is 5.73 Å². The average Bonchev–Trinajstić information content (AvgIpc) is 2.24. The van der Waals surface area contributed by atoms with E-state index in [0.29, 0.717) is 5.75 Å². The zero-order valence-corrected chi connectivity index (χ0v) is 12.4. The van der Waals surface area contributed by atoms with Gasteiger partial charge in [-0.15, -0.1) is 0 Å². The molecule has 0 fully saturated rings. The van der Waals surface area contributed by atoms with Gasteiger partial charge < -0.3 is 15.8 Å². The molecular weight excluding hydrogens is 240 g/mol. The number of nitrogens with two attached hydrogens (primary N) is 1. The predicted octanol–water partition coefficient (Wildman–Crippen LogP) is 2.31. The fraction of sp³-hybridized carbons (Fsp3) is 0.533. The second-order valence-corrected chi connectivity index (χ2v) is 5.92. The summed E-state index contributed by atoms with van der Waals surface area (Å²) >= 11 is 0. The Balaban J connectivity index is 2.70. The van der Waals surface area contributed by atoms with Gasteiger partial charge in [0, 0.05) is 17.1 Å².